The molecular formula is C15H25N3O2. The van der Waals surface area contributed by atoms with E-state index in [-0.39, 0.29) is 12.2 Å². The summed E-state index contributed by atoms with van der Waals surface area (Å²) in [6.07, 6.45) is 7.73. The van der Waals surface area contributed by atoms with Crippen LogP contribution in [0.1, 0.15) is 44.3 Å². The van der Waals surface area contributed by atoms with Gasteiger partial charge in [-0.05, 0) is 25.8 Å². The van der Waals surface area contributed by atoms with Crippen molar-refractivity contribution in [2.24, 2.45) is 0 Å². The van der Waals surface area contributed by atoms with Gasteiger partial charge in [0.1, 0.15) is 0 Å². The van der Waals surface area contributed by atoms with Crippen LogP contribution in [0.5, 0.6) is 0 Å². The average molecular weight is 279 g/mol. The van der Waals surface area contributed by atoms with E-state index in [4.69, 9.17) is 9.47 Å². The molecule has 0 aromatic carbocycles. The first-order chi connectivity index (χ1) is 9.81. The number of nitrogens with one attached hydrogen (secondary N) is 1. The molecule has 1 saturated heterocycles. The Balaban J connectivity index is 1.42. The van der Waals surface area contributed by atoms with Crippen molar-refractivity contribution >= 4 is 0 Å². The highest BCUT2D eigenvalue weighted by Crippen LogP contribution is 2.28. The minimum absolute atomic E-state index is 0.163. The van der Waals surface area contributed by atoms with Crippen LogP contribution in [0.15, 0.2) is 12.3 Å². The molecule has 2 unspecified atom stereocenters. The molecule has 2 aliphatic rings. The van der Waals surface area contributed by atoms with Gasteiger partial charge in [0.05, 0.1) is 37.2 Å². The van der Waals surface area contributed by atoms with Crippen LogP contribution in [0.4, 0.5) is 0 Å². The first-order valence-electron chi connectivity index (χ1n) is 7.79. The van der Waals surface area contributed by atoms with Crippen molar-refractivity contribution in [3.63, 3.8) is 0 Å². The molecule has 1 aliphatic carbocycles. The Kier molecular flexibility index (Phi) is 4.70. The van der Waals surface area contributed by atoms with Crippen LogP contribution in [0.3, 0.4) is 0 Å². The molecule has 112 valence electrons. The molecule has 5 heteroatoms. The predicted molar refractivity (Wildman–Crippen MR) is 76.6 cm³/mol. The highest BCUT2D eigenvalue weighted by molar-refractivity contribution is 4.98. The third kappa shape index (κ3) is 3.59. The van der Waals surface area contributed by atoms with Crippen molar-refractivity contribution in [1.29, 1.82) is 0 Å². The van der Waals surface area contributed by atoms with Gasteiger partial charge in [0.15, 0.2) is 0 Å². The second kappa shape index (κ2) is 6.70. The third-order valence-corrected chi connectivity index (χ3v) is 4.14. The van der Waals surface area contributed by atoms with E-state index in [0.717, 1.165) is 18.8 Å². The molecular weight excluding hydrogens is 254 g/mol. The fourth-order valence-corrected chi connectivity index (χ4v) is 3.09. The third-order valence-electron chi connectivity index (χ3n) is 4.14. The fraction of sp³-hybridized carbons (Fsp3) is 0.800. The second-order valence-electron chi connectivity index (χ2n) is 5.97. The zero-order chi connectivity index (χ0) is 13.8. The topological polar surface area (TPSA) is 48.3 Å². The van der Waals surface area contributed by atoms with E-state index < -0.39 is 0 Å². The summed E-state index contributed by atoms with van der Waals surface area (Å²) in [7, 11) is 0. The molecule has 1 N–H and O–H groups in total. The van der Waals surface area contributed by atoms with E-state index in [1.165, 1.54) is 25.7 Å². The monoisotopic (exact) mass is 279 g/mol. The van der Waals surface area contributed by atoms with Crippen molar-refractivity contribution in [2.75, 3.05) is 19.7 Å². The van der Waals surface area contributed by atoms with Crippen molar-refractivity contribution in [2.45, 2.75) is 57.5 Å². The molecule has 3 rings (SSSR count). The summed E-state index contributed by atoms with van der Waals surface area (Å²) in [5.41, 5.74) is 1.02. The van der Waals surface area contributed by atoms with Gasteiger partial charge in [0, 0.05) is 19.3 Å². The molecule has 0 spiro atoms. The van der Waals surface area contributed by atoms with Crippen molar-refractivity contribution < 1.29 is 9.47 Å². The Labute approximate surface area is 120 Å². The standard InChI is InChI=1S/C15H25N3O2/c1-12-8-16-9-15(20-12)11-19-10-13-6-7-18(17-13)14-4-2-3-5-14/h6-7,12,14-16H,2-5,8-11H2,1H3. The maximum atomic E-state index is 5.80. The second-order valence-corrected chi connectivity index (χ2v) is 5.97. The van der Waals surface area contributed by atoms with Gasteiger partial charge in [-0.15, -0.1) is 0 Å². The molecule has 1 aromatic rings. The van der Waals surface area contributed by atoms with Crippen LogP contribution < -0.4 is 5.32 Å². The van der Waals surface area contributed by atoms with Crippen LogP contribution in [-0.4, -0.2) is 41.7 Å². The van der Waals surface area contributed by atoms with Crippen LogP contribution in [0, 0.1) is 0 Å². The van der Waals surface area contributed by atoms with E-state index in [1.807, 2.05) is 0 Å². The van der Waals surface area contributed by atoms with Crippen molar-refractivity contribution in [3.05, 3.63) is 18.0 Å². The van der Waals surface area contributed by atoms with Crippen LogP contribution in [0.25, 0.3) is 0 Å². The molecule has 2 atom stereocenters. The smallest absolute Gasteiger partial charge is 0.0936 e. The van der Waals surface area contributed by atoms with Crippen molar-refractivity contribution in [3.8, 4) is 0 Å². The van der Waals surface area contributed by atoms with Gasteiger partial charge >= 0.3 is 0 Å². The minimum atomic E-state index is 0.163. The first-order valence-corrected chi connectivity index (χ1v) is 7.79. The number of hydrogen-bond acceptors (Lipinski definition) is 4. The molecule has 0 bridgehead atoms. The highest BCUT2D eigenvalue weighted by atomic mass is 16.5. The van der Waals surface area contributed by atoms with E-state index in [2.05, 4.69) is 34.3 Å². The van der Waals surface area contributed by atoms with Crippen LogP contribution >= 0.6 is 0 Å². The van der Waals surface area contributed by atoms with E-state index in [9.17, 15) is 0 Å². The molecule has 0 radical (unpaired) electrons. The molecule has 2 fully saturated rings. The van der Waals surface area contributed by atoms with Gasteiger partial charge in [0.25, 0.3) is 0 Å². The lowest BCUT2D eigenvalue weighted by atomic mass is 10.2. The molecule has 1 aliphatic heterocycles. The van der Waals surface area contributed by atoms with Gasteiger partial charge in [-0.25, -0.2) is 0 Å². The molecule has 0 amide bonds. The Morgan fingerprint density at radius 1 is 1.40 bits per heavy atom. The van der Waals surface area contributed by atoms with Crippen LogP contribution in [-0.2, 0) is 16.1 Å². The number of nitrogens with zero attached hydrogens (tertiary/aromatic N) is 2. The van der Waals surface area contributed by atoms with Gasteiger partial charge in [0.2, 0.25) is 0 Å². The summed E-state index contributed by atoms with van der Waals surface area (Å²) in [5, 5.41) is 7.97. The number of hydrogen-bond donors (Lipinski definition) is 1. The van der Waals surface area contributed by atoms with Gasteiger partial charge in [-0.3, -0.25) is 4.68 Å². The van der Waals surface area contributed by atoms with Gasteiger partial charge in [-0.2, -0.15) is 5.10 Å². The predicted octanol–water partition coefficient (Wildman–Crippen LogP) is 1.89. The average Bonchev–Trinajstić information content (AvgIpc) is 3.09. The zero-order valence-electron chi connectivity index (χ0n) is 12.3. The summed E-state index contributed by atoms with van der Waals surface area (Å²) in [4.78, 5) is 0. The molecule has 2 heterocycles. The van der Waals surface area contributed by atoms with E-state index in [1.54, 1.807) is 0 Å². The molecule has 20 heavy (non-hydrogen) atoms. The quantitative estimate of drug-likeness (QED) is 0.894. The Morgan fingerprint density at radius 2 is 2.25 bits per heavy atom. The maximum Gasteiger partial charge on any atom is 0.0936 e. The van der Waals surface area contributed by atoms with E-state index >= 15 is 0 Å². The Bertz CT molecular complexity index is 415. The van der Waals surface area contributed by atoms with Crippen molar-refractivity contribution in [1.82, 2.24) is 15.1 Å². The SMILES string of the molecule is CC1CNCC(COCc2ccn(C3CCCC3)n2)O1. The summed E-state index contributed by atoms with van der Waals surface area (Å²) >= 11 is 0. The lowest BCUT2D eigenvalue weighted by Crippen LogP contribution is -2.45. The van der Waals surface area contributed by atoms with Gasteiger partial charge in [-0.1, -0.05) is 12.8 Å². The molecule has 1 aromatic heterocycles. The summed E-state index contributed by atoms with van der Waals surface area (Å²) in [5.74, 6) is 0. The number of ether oxygens (including phenoxy) is 2. The summed E-state index contributed by atoms with van der Waals surface area (Å²) in [6, 6.07) is 2.68. The first kappa shape index (κ1) is 14.0. The Morgan fingerprint density at radius 3 is 3.05 bits per heavy atom. The fourth-order valence-electron chi connectivity index (χ4n) is 3.09. The van der Waals surface area contributed by atoms with Gasteiger partial charge < -0.3 is 14.8 Å². The Hall–Kier alpha value is -0.910. The van der Waals surface area contributed by atoms with Crippen LogP contribution in [0.2, 0.25) is 0 Å². The summed E-state index contributed by atoms with van der Waals surface area (Å²) in [6.45, 7) is 5.10. The number of morpholine rings is 1. The lowest BCUT2D eigenvalue weighted by Gasteiger charge is -2.28. The number of aromatic nitrogens is 2. The lowest BCUT2D eigenvalue weighted by molar-refractivity contribution is -0.0720. The molecule has 1 saturated carbocycles. The minimum Gasteiger partial charge on any atom is -0.372 e. The zero-order valence-corrected chi connectivity index (χ0v) is 12.3. The van der Waals surface area contributed by atoms with E-state index in [0.29, 0.717) is 19.3 Å². The normalized spacial score (nSPS) is 28.1. The highest BCUT2D eigenvalue weighted by Gasteiger charge is 2.19. The largest absolute Gasteiger partial charge is 0.372 e. The number of rotatable bonds is 5. The summed E-state index contributed by atoms with van der Waals surface area (Å²) < 4.78 is 13.7. The molecule has 5 nitrogen and oxygen atoms in total. The maximum absolute atomic E-state index is 5.80.